The summed E-state index contributed by atoms with van der Waals surface area (Å²) in [6.45, 7) is 1.81. The molecule has 2 rings (SSSR count). The monoisotopic (exact) mass is 159 g/mol. The molecule has 4 heteroatoms. The molecule has 0 aromatic carbocycles. The zero-order valence-corrected chi connectivity index (χ0v) is 6.40. The van der Waals surface area contributed by atoms with E-state index in [-0.39, 0.29) is 0 Å². The molecular formula is C8H5N3O. The smallest absolute Gasteiger partial charge is 0.257 e. The van der Waals surface area contributed by atoms with Gasteiger partial charge in [0.05, 0.1) is 16.6 Å². The predicted molar refractivity (Wildman–Crippen MR) is 41.3 cm³/mol. The number of fused-ring (bicyclic) bond motifs is 1. The SMILES string of the molecule is Cc1noc2ncc(C#N)cc12. The molecule has 2 heterocycles. The summed E-state index contributed by atoms with van der Waals surface area (Å²) in [7, 11) is 0. The third-order valence-corrected chi connectivity index (χ3v) is 1.64. The Balaban J connectivity index is 2.82. The van der Waals surface area contributed by atoms with Gasteiger partial charge in [-0.2, -0.15) is 5.26 Å². The number of hydrogen-bond acceptors (Lipinski definition) is 4. The summed E-state index contributed by atoms with van der Waals surface area (Å²) in [6.07, 6.45) is 1.47. The first-order valence-electron chi connectivity index (χ1n) is 3.43. The molecule has 2 aromatic rings. The van der Waals surface area contributed by atoms with Crippen molar-refractivity contribution in [3.63, 3.8) is 0 Å². The van der Waals surface area contributed by atoms with Crippen LogP contribution in [-0.2, 0) is 0 Å². The molecule has 0 aliphatic heterocycles. The Morgan fingerprint density at radius 3 is 3.17 bits per heavy atom. The lowest BCUT2D eigenvalue weighted by atomic mass is 10.2. The second kappa shape index (κ2) is 2.31. The number of pyridine rings is 1. The van der Waals surface area contributed by atoms with Crippen LogP contribution in [0.4, 0.5) is 0 Å². The van der Waals surface area contributed by atoms with Crippen LogP contribution in [0.1, 0.15) is 11.3 Å². The molecular weight excluding hydrogens is 154 g/mol. The quantitative estimate of drug-likeness (QED) is 0.582. The minimum atomic E-state index is 0.478. The second-order valence-electron chi connectivity index (χ2n) is 2.46. The van der Waals surface area contributed by atoms with E-state index in [1.807, 2.05) is 13.0 Å². The first-order chi connectivity index (χ1) is 5.81. The van der Waals surface area contributed by atoms with E-state index in [1.54, 1.807) is 6.07 Å². The topological polar surface area (TPSA) is 62.7 Å². The zero-order chi connectivity index (χ0) is 8.55. The second-order valence-corrected chi connectivity index (χ2v) is 2.46. The highest BCUT2D eigenvalue weighted by molar-refractivity contribution is 5.76. The van der Waals surface area contributed by atoms with Crippen molar-refractivity contribution in [1.29, 1.82) is 5.26 Å². The molecule has 12 heavy (non-hydrogen) atoms. The lowest BCUT2D eigenvalue weighted by Gasteiger charge is -1.86. The van der Waals surface area contributed by atoms with E-state index in [2.05, 4.69) is 10.1 Å². The largest absolute Gasteiger partial charge is 0.336 e. The highest BCUT2D eigenvalue weighted by Crippen LogP contribution is 2.15. The van der Waals surface area contributed by atoms with Gasteiger partial charge < -0.3 is 4.52 Å². The van der Waals surface area contributed by atoms with Gasteiger partial charge in [0.15, 0.2) is 0 Å². The van der Waals surface area contributed by atoms with Crippen LogP contribution >= 0.6 is 0 Å². The average Bonchev–Trinajstić information content (AvgIpc) is 2.47. The molecule has 0 aliphatic carbocycles. The molecule has 0 spiro atoms. The Hall–Kier alpha value is -1.89. The molecule has 4 nitrogen and oxygen atoms in total. The van der Waals surface area contributed by atoms with Crippen LogP contribution in [0.15, 0.2) is 16.8 Å². The van der Waals surface area contributed by atoms with Gasteiger partial charge in [0.1, 0.15) is 6.07 Å². The van der Waals surface area contributed by atoms with Crippen LogP contribution in [0.5, 0.6) is 0 Å². The van der Waals surface area contributed by atoms with E-state index in [9.17, 15) is 0 Å². The fraction of sp³-hybridized carbons (Fsp3) is 0.125. The van der Waals surface area contributed by atoms with Crippen molar-refractivity contribution in [3.05, 3.63) is 23.5 Å². The van der Waals surface area contributed by atoms with E-state index < -0.39 is 0 Å². The van der Waals surface area contributed by atoms with Crippen molar-refractivity contribution in [2.24, 2.45) is 0 Å². The lowest BCUT2D eigenvalue weighted by Crippen LogP contribution is -1.78. The van der Waals surface area contributed by atoms with Crippen LogP contribution < -0.4 is 0 Å². The van der Waals surface area contributed by atoms with Gasteiger partial charge in [-0.05, 0) is 13.0 Å². The fourth-order valence-electron chi connectivity index (χ4n) is 1.01. The van der Waals surface area contributed by atoms with E-state index in [0.29, 0.717) is 11.3 Å². The molecule has 0 atom stereocenters. The summed E-state index contributed by atoms with van der Waals surface area (Å²) < 4.78 is 4.88. The molecule has 0 saturated carbocycles. The summed E-state index contributed by atoms with van der Waals surface area (Å²) in [6, 6.07) is 3.72. The fourth-order valence-corrected chi connectivity index (χ4v) is 1.01. The number of aryl methyl sites for hydroxylation is 1. The van der Waals surface area contributed by atoms with Crippen molar-refractivity contribution in [2.75, 3.05) is 0 Å². The molecule has 0 amide bonds. The zero-order valence-electron chi connectivity index (χ0n) is 6.40. The first-order valence-corrected chi connectivity index (χ1v) is 3.43. The van der Waals surface area contributed by atoms with Crippen molar-refractivity contribution < 1.29 is 4.52 Å². The summed E-state index contributed by atoms with van der Waals surface area (Å²) in [5.74, 6) is 0. The Morgan fingerprint density at radius 1 is 1.58 bits per heavy atom. The maximum absolute atomic E-state index is 8.58. The van der Waals surface area contributed by atoms with Gasteiger partial charge in [-0.3, -0.25) is 0 Å². The van der Waals surface area contributed by atoms with Crippen LogP contribution in [0.3, 0.4) is 0 Å². The minimum absolute atomic E-state index is 0.478. The molecule has 2 aromatic heterocycles. The van der Waals surface area contributed by atoms with Crippen LogP contribution in [0, 0.1) is 18.3 Å². The molecule has 58 valence electrons. The molecule has 0 saturated heterocycles. The van der Waals surface area contributed by atoms with Gasteiger partial charge >= 0.3 is 0 Å². The Morgan fingerprint density at radius 2 is 2.42 bits per heavy atom. The van der Waals surface area contributed by atoms with Gasteiger partial charge in [0.25, 0.3) is 5.71 Å². The van der Waals surface area contributed by atoms with Crippen LogP contribution in [0.2, 0.25) is 0 Å². The summed E-state index contributed by atoms with van der Waals surface area (Å²) in [5, 5.41) is 13.1. The molecule has 0 aliphatic rings. The Bertz CT molecular complexity index is 467. The lowest BCUT2D eigenvalue weighted by molar-refractivity contribution is 0.443. The van der Waals surface area contributed by atoms with E-state index in [4.69, 9.17) is 9.78 Å². The van der Waals surface area contributed by atoms with E-state index in [1.165, 1.54) is 6.20 Å². The first kappa shape index (κ1) is 6.80. The average molecular weight is 159 g/mol. The van der Waals surface area contributed by atoms with Gasteiger partial charge in [-0.1, -0.05) is 5.16 Å². The number of nitrogens with zero attached hydrogens (tertiary/aromatic N) is 3. The molecule has 0 radical (unpaired) electrons. The maximum Gasteiger partial charge on any atom is 0.257 e. The van der Waals surface area contributed by atoms with Crippen molar-refractivity contribution in [3.8, 4) is 6.07 Å². The molecule has 0 N–H and O–H groups in total. The van der Waals surface area contributed by atoms with Crippen molar-refractivity contribution in [2.45, 2.75) is 6.92 Å². The maximum atomic E-state index is 8.58. The Kier molecular flexibility index (Phi) is 1.31. The molecule has 0 unspecified atom stereocenters. The highest BCUT2D eigenvalue weighted by atomic mass is 16.5. The Labute approximate surface area is 68.4 Å². The van der Waals surface area contributed by atoms with Crippen LogP contribution in [-0.4, -0.2) is 10.1 Å². The van der Waals surface area contributed by atoms with Gasteiger partial charge in [-0.15, -0.1) is 0 Å². The van der Waals surface area contributed by atoms with E-state index >= 15 is 0 Å². The highest BCUT2D eigenvalue weighted by Gasteiger charge is 2.04. The number of hydrogen-bond donors (Lipinski definition) is 0. The normalized spacial score (nSPS) is 10.0. The number of rotatable bonds is 0. The standard InChI is InChI=1S/C8H5N3O/c1-5-7-2-6(3-9)4-10-8(7)12-11-5/h2,4H,1H3. The van der Waals surface area contributed by atoms with Gasteiger partial charge in [-0.25, -0.2) is 4.98 Å². The third kappa shape index (κ3) is 0.839. The van der Waals surface area contributed by atoms with Gasteiger partial charge in [0, 0.05) is 6.20 Å². The number of nitriles is 1. The summed E-state index contributed by atoms with van der Waals surface area (Å²) in [4.78, 5) is 3.92. The van der Waals surface area contributed by atoms with Crippen molar-refractivity contribution >= 4 is 11.1 Å². The summed E-state index contributed by atoms with van der Waals surface area (Å²) in [5.41, 5.74) is 1.76. The van der Waals surface area contributed by atoms with Crippen LogP contribution in [0.25, 0.3) is 11.1 Å². The van der Waals surface area contributed by atoms with Gasteiger partial charge in [0.2, 0.25) is 0 Å². The molecule has 0 bridgehead atoms. The molecule has 0 fully saturated rings. The third-order valence-electron chi connectivity index (χ3n) is 1.64. The van der Waals surface area contributed by atoms with E-state index in [0.717, 1.165) is 11.1 Å². The number of aromatic nitrogens is 2. The summed E-state index contributed by atoms with van der Waals surface area (Å²) >= 11 is 0. The predicted octanol–water partition coefficient (Wildman–Crippen LogP) is 1.40. The van der Waals surface area contributed by atoms with Crippen molar-refractivity contribution in [1.82, 2.24) is 10.1 Å². The minimum Gasteiger partial charge on any atom is -0.336 e.